The van der Waals surface area contributed by atoms with Crippen LogP contribution in [0.3, 0.4) is 0 Å². The third kappa shape index (κ3) is 2.51. The summed E-state index contributed by atoms with van der Waals surface area (Å²) in [6.07, 6.45) is -1.63. The van der Waals surface area contributed by atoms with Crippen molar-refractivity contribution in [3.05, 3.63) is 29.6 Å². The van der Waals surface area contributed by atoms with Gasteiger partial charge in [-0.15, -0.1) is 0 Å². The molecule has 1 atom stereocenters. The van der Waals surface area contributed by atoms with Gasteiger partial charge in [-0.2, -0.15) is 0 Å². The standard InChI is InChI=1S/C11H11FN2O5/c12-6-1-2-8-7(5-6)11(3-4-18-8,14-9(13)15)19-10(16)17/h1-2,5H,3-4H2,(H,16,17)(H3,13,14,15)/t11-/m0/s1. The number of urea groups is 1. The largest absolute Gasteiger partial charge is 0.508 e. The van der Waals surface area contributed by atoms with Gasteiger partial charge in [-0.25, -0.2) is 14.0 Å². The summed E-state index contributed by atoms with van der Waals surface area (Å²) >= 11 is 0. The van der Waals surface area contributed by atoms with Crippen LogP contribution in [0, 0.1) is 5.82 Å². The second-order valence-corrected chi connectivity index (χ2v) is 3.92. The van der Waals surface area contributed by atoms with E-state index in [0.29, 0.717) is 0 Å². The second kappa shape index (κ2) is 4.63. The average molecular weight is 270 g/mol. The number of nitrogens with one attached hydrogen (secondary N) is 1. The first-order valence-electron chi connectivity index (χ1n) is 5.35. The van der Waals surface area contributed by atoms with Gasteiger partial charge in [-0.05, 0) is 18.2 Å². The maximum atomic E-state index is 13.3. The predicted octanol–water partition coefficient (Wildman–Crippen LogP) is 1.12. The quantitative estimate of drug-likeness (QED) is 0.551. The van der Waals surface area contributed by atoms with Gasteiger partial charge in [0, 0.05) is 6.42 Å². The Balaban J connectivity index is 2.52. The minimum absolute atomic E-state index is 0.0152. The molecule has 0 radical (unpaired) electrons. The van der Waals surface area contributed by atoms with Crippen LogP contribution in [-0.2, 0) is 10.5 Å². The fourth-order valence-electron chi connectivity index (χ4n) is 1.99. The van der Waals surface area contributed by atoms with Crippen LogP contribution >= 0.6 is 0 Å². The van der Waals surface area contributed by atoms with Crippen LogP contribution in [0.1, 0.15) is 12.0 Å². The number of benzene rings is 1. The van der Waals surface area contributed by atoms with Crippen LogP contribution in [0.15, 0.2) is 18.2 Å². The lowest BCUT2D eigenvalue weighted by atomic mass is 9.96. The molecule has 0 spiro atoms. The number of rotatable bonds is 2. The van der Waals surface area contributed by atoms with Gasteiger partial charge in [0.05, 0.1) is 12.2 Å². The van der Waals surface area contributed by atoms with Crippen molar-refractivity contribution < 1.29 is 28.6 Å². The topological polar surface area (TPSA) is 111 Å². The lowest BCUT2D eigenvalue weighted by molar-refractivity contribution is -0.0596. The van der Waals surface area contributed by atoms with E-state index in [1.54, 1.807) is 0 Å². The maximum Gasteiger partial charge on any atom is 0.508 e. The Morgan fingerprint density at radius 3 is 2.89 bits per heavy atom. The molecule has 0 saturated heterocycles. The van der Waals surface area contributed by atoms with E-state index in [1.807, 2.05) is 0 Å². The Hall–Kier alpha value is -2.51. The number of carboxylic acid groups (broad SMARTS) is 1. The molecule has 2 amide bonds. The van der Waals surface area contributed by atoms with E-state index in [2.05, 4.69) is 5.32 Å². The molecule has 19 heavy (non-hydrogen) atoms. The average Bonchev–Trinajstić information content (AvgIpc) is 2.28. The van der Waals surface area contributed by atoms with Gasteiger partial charge in [-0.3, -0.25) is 5.32 Å². The summed E-state index contributed by atoms with van der Waals surface area (Å²) in [5, 5.41) is 11.0. The SMILES string of the molecule is NC(=O)N[C@]1(OC(=O)O)CCOc2ccc(F)cc21. The normalized spacial score (nSPS) is 20.9. The molecule has 4 N–H and O–H groups in total. The number of hydrogen-bond donors (Lipinski definition) is 3. The summed E-state index contributed by atoms with van der Waals surface area (Å²) in [5.74, 6) is -0.392. The van der Waals surface area contributed by atoms with E-state index >= 15 is 0 Å². The van der Waals surface area contributed by atoms with Crippen LogP contribution in [0.5, 0.6) is 5.75 Å². The van der Waals surface area contributed by atoms with Gasteiger partial charge < -0.3 is 20.3 Å². The highest BCUT2D eigenvalue weighted by Crippen LogP contribution is 2.38. The highest BCUT2D eigenvalue weighted by Gasteiger charge is 2.43. The summed E-state index contributed by atoms with van der Waals surface area (Å²) < 4.78 is 23.3. The lowest BCUT2D eigenvalue weighted by Crippen LogP contribution is -2.53. The van der Waals surface area contributed by atoms with Crippen LogP contribution in [0.2, 0.25) is 0 Å². The molecule has 1 aliphatic heterocycles. The molecule has 1 heterocycles. The van der Waals surface area contributed by atoms with E-state index in [1.165, 1.54) is 6.07 Å². The van der Waals surface area contributed by atoms with Gasteiger partial charge in [-0.1, -0.05) is 0 Å². The van der Waals surface area contributed by atoms with Crippen molar-refractivity contribution in [1.82, 2.24) is 5.32 Å². The molecule has 0 aromatic heterocycles. The first-order chi connectivity index (χ1) is 8.93. The molecule has 0 saturated carbocycles. The first kappa shape index (κ1) is 12.9. The molecular weight excluding hydrogens is 259 g/mol. The third-order valence-corrected chi connectivity index (χ3v) is 2.68. The number of hydrogen-bond acceptors (Lipinski definition) is 4. The number of fused-ring (bicyclic) bond motifs is 1. The predicted molar refractivity (Wildman–Crippen MR) is 60.0 cm³/mol. The van der Waals surface area contributed by atoms with Gasteiger partial charge in [0.1, 0.15) is 11.6 Å². The van der Waals surface area contributed by atoms with E-state index in [4.69, 9.17) is 20.3 Å². The first-order valence-corrected chi connectivity index (χ1v) is 5.35. The fourth-order valence-corrected chi connectivity index (χ4v) is 1.99. The zero-order chi connectivity index (χ0) is 14.0. The molecule has 1 aliphatic rings. The molecular formula is C11H11FN2O5. The van der Waals surface area contributed by atoms with Crippen molar-refractivity contribution >= 4 is 12.2 Å². The summed E-state index contributed by atoms with van der Waals surface area (Å²) in [7, 11) is 0. The maximum absolute atomic E-state index is 13.3. The molecule has 2 rings (SSSR count). The molecule has 0 bridgehead atoms. The fraction of sp³-hybridized carbons (Fsp3) is 0.273. The molecule has 0 unspecified atom stereocenters. The Morgan fingerprint density at radius 2 is 2.26 bits per heavy atom. The van der Waals surface area contributed by atoms with Gasteiger partial charge >= 0.3 is 12.2 Å². The number of primary amides is 1. The lowest BCUT2D eigenvalue weighted by Gasteiger charge is -2.37. The van der Waals surface area contributed by atoms with Crippen molar-refractivity contribution in [2.75, 3.05) is 6.61 Å². The highest BCUT2D eigenvalue weighted by atomic mass is 19.1. The van der Waals surface area contributed by atoms with Crippen molar-refractivity contribution in [2.45, 2.75) is 12.1 Å². The van der Waals surface area contributed by atoms with Crippen LogP contribution in [-0.4, -0.2) is 23.9 Å². The summed E-state index contributed by atoms with van der Waals surface area (Å²) in [4.78, 5) is 21.9. The van der Waals surface area contributed by atoms with E-state index < -0.39 is 23.7 Å². The number of carbonyl (C=O) groups excluding carboxylic acids is 1. The number of carbonyl (C=O) groups is 2. The van der Waals surface area contributed by atoms with Crippen LogP contribution in [0.25, 0.3) is 0 Å². The van der Waals surface area contributed by atoms with Crippen molar-refractivity contribution in [3.63, 3.8) is 0 Å². The van der Waals surface area contributed by atoms with Gasteiger partial charge in [0.15, 0.2) is 0 Å². The minimum atomic E-state index is -1.74. The smallest absolute Gasteiger partial charge is 0.493 e. The second-order valence-electron chi connectivity index (χ2n) is 3.92. The van der Waals surface area contributed by atoms with E-state index in [-0.39, 0.29) is 24.3 Å². The zero-order valence-electron chi connectivity index (χ0n) is 9.68. The monoisotopic (exact) mass is 270 g/mol. The Labute approximate surface area is 107 Å². The molecule has 1 aromatic carbocycles. The van der Waals surface area contributed by atoms with Crippen molar-refractivity contribution in [2.24, 2.45) is 5.73 Å². The van der Waals surface area contributed by atoms with Crippen LogP contribution in [0.4, 0.5) is 14.0 Å². The Kier molecular flexibility index (Phi) is 3.16. The van der Waals surface area contributed by atoms with Gasteiger partial charge in [0.25, 0.3) is 0 Å². The summed E-state index contributed by atoms with van der Waals surface area (Å²) in [6, 6.07) is 2.53. The molecule has 102 valence electrons. The summed E-state index contributed by atoms with van der Waals surface area (Å²) in [5.41, 5.74) is 3.35. The van der Waals surface area contributed by atoms with E-state index in [0.717, 1.165) is 12.1 Å². The summed E-state index contributed by atoms with van der Waals surface area (Å²) in [6.45, 7) is 0.0895. The number of amides is 2. The van der Waals surface area contributed by atoms with E-state index in [9.17, 15) is 14.0 Å². The number of halogens is 1. The Bertz CT molecular complexity index is 518. The van der Waals surface area contributed by atoms with Gasteiger partial charge in [0.2, 0.25) is 5.72 Å². The van der Waals surface area contributed by atoms with Crippen molar-refractivity contribution in [3.8, 4) is 5.75 Å². The number of nitrogens with two attached hydrogens (primary N) is 1. The Morgan fingerprint density at radius 1 is 1.53 bits per heavy atom. The molecule has 7 nitrogen and oxygen atoms in total. The molecule has 8 heteroatoms. The van der Waals surface area contributed by atoms with Crippen molar-refractivity contribution in [1.29, 1.82) is 0 Å². The molecule has 0 aliphatic carbocycles. The highest BCUT2D eigenvalue weighted by molar-refractivity contribution is 5.73. The number of ether oxygens (including phenoxy) is 2. The minimum Gasteiger partial charge on any atom is -0.493 e. The van der Waals surface area contributed by atoms with Crippen LogP contribution < -0.4 is 15.8 Å². The molecule has 1 aromatic rings. The molecule has 0 fully saturated rings. The zero-order valence-corrected chi connectivity index (χ0v) is 9.68. The third-order valence-electron chi connectivity index (χ3n) is 2.68.